The van der Waals surface area contributed by atoms with Gasteiger partial charge in [0.1, 0.15) is 0 Å². The second kappa shape index (κ2) is 10.5. The van der Waals surface area contributed by atoms with Gasteiger partial charge < -0.3 is 24.4 Å². The van der Waals surface area contributed by atoms with Crippen molar-refractivity contribution in [2.75, 3.05) is 34.0 Å². The maximum Gasteiger partial charge on any atom is 0.254 e. The molecule has 6 heteroatoms. The molecule has 1 N–H and O–H groups in total. The molecule has 1 amide bonds. The molecule has 1 aliphatic rings. The van der Waals surface area contributed by atoms with Crippen LogP contribution < -0.4 is 14.8 Å². The third kappa shape index (κ3) is 5.59. The fraction of sp³-hybridized carbons (Fsp3) is 0.667. The summed E-state index contributed by atoms with van der Waals surface area (Å²) in [5.41, 5.74) is 0.629. The first-order valence-corrected chi connectivity index (χ1v) is 9.85. The highest BCUT2D eigenvalue weighted by Crippen LogP contribution is 2.30. The van der Waals surface area contributed by atoms with E-state index < -0.39 is 0 Å². The number of methoxy groups -OCH3 is 2. The average Bonchev–Trinajstić information content (AvgIpc) is 2.66. The molecule has 1 aromatic carbocycles. The van der Waals surface area contributed by atoms with Crippen molar-refractivity contribution in [3.8, 4) is 11.5 Å². The molecule has 1 aliphatic heterocycles. The van der Waals surface area contributed by atoms with Gasteiger partial charge in [-0.1, -0.05) is 0 Å². The van der Waals surface area contributed by atoms with Crippen molar-refractivity contribution >= 4 is 5.91 Å². The van der Waals surface area contributed by atoms with Crippen LogP contribution in [-0.4, -0.2) is 62.9 Å². The monoisotopic (exact) mass is 378 g/mol. The lowest BCUT2D eigenvalue weighted by Gasteiger charge is -2.41. The quantitative estimate of drug-likeness (QED) is 0.669. The Bertz CT molecular complexity index is 606. The summed E-state index contributed by atoms with van der Waals surface area (Å²) in [5.74, 6) is 1.26. The van der Waals surface area contributed by atoms with Crippen LogP contribution in [0.25, 0.3) is 0 Å². The van der Waals surface area contributed by atoms with Crippen LogP contribution in [0.3, 0.4) is 0 Å². The first-order valence-electron chi connectivity index (χ1n) is 9.85. The molecule has 1 saturated heterocycles. The zero-order valence-electron chi connectivity index (χ0n) is 17.3. The molecule has 27 heavy (non-hydrogen) atoms. The Labute approximate surface area is 163 Å². The summed E-state index contributed by atoms with van der Waals surface area (Å²) in [7, 11) is 3.27. The van der Waals surface area contributed by atoms with E-state index in [-0.39, 0.29) is 24.0 Å². The zero-order valence-corrected chi connectivity index (χ0v) is 17.3. The second-order valence-corrected chi connectivity index (χ2v) is 7.32. The predicted molar refractivity (Wildman–Crippen MR) is 107 cm³/mol. The lowest BCUT2D eigenvalue weighted by Crippen LogP contribution is -2.56. The van der Waals surface area contributed by atoms with Gasteiger partial charge in [-0.3, -0.25) is 4.79 Å². The number of carbonyl (C=O) groups excluding carboxylic acids is 1. The number of hydrogen-bond donors (Lipinski definition) is 1. The minimum Gasteiger partial charge on any atom is -0.493 e. The van der Waals surface area contributed by atoms with Crippen molar-refractivity contribution < 1.29 is 19.0 Å². The number of benzene rings is 1. The van der Waals surface area contributed by atoms with Crippen molar-refractivity contribution in [1.82, 2.24) is 10.2 Å². The minimum atomic E-state index is 0.0370. The van der Waals surface area contributed by atoms with E-state index in [4.69, 9.17) is 14.2 Å². The van der Waals surface area contributed by atoms with Gasteiger partial charge in [0.05, 0.1) is 13.7 Å². The van der Waals surface area contributed by atoms with Crippen molar-refractivity contribution in [2.24, 2.45) is 0 Å². The molecule has 1 heterocycles. The fourth-order valence-electron chi connectivity index (χ4n) is 3.63. The smallest absolute Gasteiger partial charge is 0.254 e. The highest BCUT2D eigenvalue weighted by atomic mass is 16.5. The molecule has 0 spiro atoms. The van der Waals surface area contributed by atoms with E-state index in [2.05, 4.69) is 26.1 Å². The van der Waals surface area contributed by atoms with Gasteiger partial charge in [0, 0.05) is 43.8 Å². The van der Waals surface area contributed by atoms with Crippen LogP contribution in [-0.2, 0) is 4.74 Å². The van der Waals surface area contributed by atoms with Gasteiger partial charge in [-0.2, -0.15) is 0 Å². The van der Waals surface area contributed by atoms with Gasteiger partial charge in [0.25, 0.3) is 5.91 Å². The summed E-state index contributed by atoms with van der Waals surface area (Å²) in [6.07, 6.45) is 2.89. The normalized spacial score (nSPS) is 19.8. The summed E-state index contributed by atoms with van der Waals surface area (Å²) < 4.78 is 16.3. The maximum atomic E-state index is 13.3. The molecule has 0 aliphatic carbocycles. The number of nitrogens with one attached hydrogen (secondary N) is 1. The van der Waals surface area contributed by atoms with Crippen LogP contribution in [0.5, 0.6) is 11.5 Å². The Morgan fingerprint density at radius 3 is 2.67 bits per heavy atom. The van der Waals surface area contributed by atoms with Crippen LogP contribution in [0.1, 0.15) is 50.4 Å². The van der Waals surface area contributed by atoms with Crippen molar-refractivity contribution in [2.45, 2.75) is 58.2 Å². The molecule has 2 atom stereocenters. The van der Waals surface area contributed by atoms with E-state index in [0.717, 1.165) is 25.8 Å². The molecular weight excluding hydrogens is 344 g/mol. The third-order valence-corrected chi connectivity index (χ3v) is 5.03. The summed E-state index contributed by atoms with van der Waals surface area (Å²) in [5, 5.41) is 3.49. The van der Waals surface area contributed by atoms with E-state index in [1.165, 1.54) is 0 Å². The van der Waals surface area contributed by atoms with Gasteiger partial charge in [-0.25, -0.2) is 0 Å². The minimum absolute atomic E-state index is 0.0370. The summed E-state index contributed by atoms with van der Waals surface area (Å²) in [4.78, 5) is 15.3. The predicted octanol–water partition coefficient (Wildman–Crippen LogP) is 3.10. The highest BCUT2D eigenvalue weighted by Gasteiger charge is 2.32. The van der Waals surface area contributed by atoms with Crippen molar-refractivity contribution in [3.05, 3.63) is 23.8 Å². The van der Waals surface area contributed by atoms with Crippen LogP contribution in [0.15, 0.2) is 18.2 Å². The molecule has 152 valence electrons. The number of carbonyl (C=O) groups is 1. The number of ether oxygens (including phenoxy) is 3. The first kappa shape index (κ1) is 21.5. The number of rotatable bonds is 9. The van der Waals surface area contributed by atoms with Gasteiger partial charge >= 0.3 is 0 Å². The largest absolute Gasteiger partial charge is 0.493 e. The van der Waals surface area contributed by atoms with E-state index in [0.29, 0.717) is 30.3 Å². The molecule has 6 nitrogen and oxygen atoms in total. The molecule has 0 saturated carbocycles. The topological polar surface area (TPSA) is 60.0 Å². The zero-order chi connectivity index (χ0) is 19.8. The van der Waals surface area contributed by atoms with Crippen molar-refractivity contribution in [3.63, 3.8) is 0 Å². The Morgan fingerprint density at radius 2 is 2.04 bits per heavy atom. The SMILES string of the molecule is COCCCOc1cc(C(=O)N(C(C)C)[C@@H]2CCCN[C@@H]2C)ccc1OC. The molecular formula is C21H34N2O4. The fourth-order valence-corrected chi connectivity index (χ4v) is 3.63. The van der Waals surface area contributed by atoms with Crippen LogP contribution in [0.4, 0.5) is 0 Å². The molecule has 2 rings (SSSR count). The third-order valence-electron chi connectivity index (χ3n) is 5.03. The Kier molecular flexibility index (Phi) is 8.38. The highest BCUT2D eigenvalue weighted by molar-refractivity contribution is 5.95. The van der Waals surface area contributed by atoms with Crippen LogP contribution in [0.2, 0.25) is 0 Å². The molecule has 1 aromatic rings. The Hall–Kier alpha value is -1.79. The lowest BCUT2D eigenvalue weighted by atomic mass is 9.96. The van der Waals surface area contributed by atoms with E-state index in [9.17, 15) is 4.79 Å². The lowest BCUT2D eigenvalue weighted by molar-refractivity contribution is 0.0512. The van der Waals surface area contributed by atoms with E-state index in [1.807, 2.05) is 11.0 Å². The van der Waals surface area contributed by atoms with Crippen molar-refractivity contribution in [1.29, 1.82) is 0 Å². The summed E-state index contributed by atoms with van der Waals surface area (Å²) in [6, 6.07) is 6.02. The van der Waals surface area contributed by atoms with E-state index >= 15 is 0 Å². The second-order valence-electron chi connectivity index (χ2n) is 7.32. The van der Waals surface area contributed by atoms with Gasteiger partial charge in [-0.15, -0.1) is 0 Å². The Morgan fingerprint density at radius 1 is 1.26 bits per heavy atom. The molecule has 0 bridgehead atoms. The average molecular weight is 379 g/mol. The molecule has 0 unspecified atom stereocenters. The standard InChI is InChI=1S/C21H34N2O4/c1-15(2)23(18-8-6-11-22-16(18)3)21(24)17-9-10-19(26-5)20(14-17)27-13-7-12-25-4/h9-10,14-16,18,22H,6-8,11-13H2,1-5H3/t16-,18-/m1/s1. The number of piperidine rings is 1. The summed E-state index contributed by atoms with van der Waals surface area (Å²) in [6.45, 7) is 8.47. The van der Waals surface area contributed by atoms with Gasteiger partial charge in [0.15, 0.2) is 11.5 Å². The molecule has 0 radical (unpaired) electrons. The van der Waals surface area contributed by atoms with Crippen LogP contribution >= 0.6 is 0 Å². The Balaban J connectivity index is 2.21. The molecule has 0 aromatic heterocycles. The van der Waals surface area contributed by atoms with Gasteiger partial charge in [0.2, 0.25) is 0 Å². The number of hydrogen-bond acceptors (Lipinski definition) is 5. The van der Waals surface area contributed by atoms with Gasteiger partial charge in [-0.05, 0) is 58.4 Å². The first-order chi connectivity index (χ1) is 13.0. The number of amides is 1. The molecule has 1 fully saturated rings. The summed E-state index contributed by atoms with van der Waals surface area (Å²) >= 11 is 0. The van der Waals surface area contributed by atoms with Crippen LogP contribution in [0, 0.1) is 0 Å². The van der Waals surface area contributed by atoms with E-state index in [1.54, 1.807) is 26.4 Å². The number of nitrogens with zero attached hydrogens (tertiary/aromatic N) is 1. The maximum absolute atomic E-state index is 13.3.